The minimum absolute atomic E-state index is 0.229. The Kier molecular flexibility index (Phi) is 7.46. The van der Waals surface area contributed by atoms with Crippen LogP contribution in [0.3, 0.4) is 0 Å². The number of piperidine rings is 1. The summed E-state index contributed by atoms with van der Waals surface area (Å²) in [4.78, 5) is 23.0. The summed E-state index contributed by atoms with van der Waals surface area (Å²) in [6.45, 7) is 5.12. The molecule has 29 heavy (non-hydrogen) atoms. The van der Waals surface area contributed by atoms with Crippen LogP contribution >= 0.6 is 11.3 Å². The first-order valence-corrected chi connectivity index (χ1v) is 10.9. The predicted octanol–water partition coefficient (Wildman–Crippen LogP) is 2.87. The Morgan fingerprint density at radius 2 is 2.21 bits per heavy atom. The van der Waals surface area contributed by atoms with Crippen LogP contribution in [-0.2, 0) is 11.3 Å². The van der Waals surface area contributed by atoms with Gasteiger partial charge in [-0.2, -0.15) is 0 Å². The summed E-state index contributed by atoms with van der Waals surface area (Å²) >= 11 is 1.62. The molecule has 1 aliphatic heterocycles. The van der Waals surface area contributed by atoms with Crippen LogP contribution in [0.25, 0.3) is 10.6 Å². The van der Waals surface area contributed by atoms with Gasteiger partial charge in [-0.05, 0) is 49.9 Å². The van der Waals surface area contributed by atoms with Crippen molar-refractivity contribution in [1.82, 2.24) is 15.2 Å². The van der Waals surface area contributed by atoms with Crippen molar-refractivity contribution in [3.8, 4) is 16.3 Å². The van der Waals surface area contributed by atoms with Gasteiger partial charge >= 0.3 is 0 Å². The molecule has 1 amide bonds. The maximum Gasteiger partial charge on any atom is 0.217 e. The number of aliphatic imine (C=N–C) groups is 1. The average molecular weight is 416 g/mol. The lowest BCUT2D eigenvalue weighted by Crippen LogP contribution is -2.47. The zero-order chi connectivity index (χ0) is 20.6. The molecule has 1 fully saturated rings. The molecule has 2 heterocycles. The Bertz CT molecular complexity index is 834. The maximum absolute atomic E-state index is 11.3. The molecule has 1 aliphatic rings. The molecule has 0 aliphatic carbocycles. The summed E-state index contributed by atoms with van der Waals surface area (Å²) in [7, 11) is 1.66. The number of carbonyl (C=O) groups excluding carboxylic acids is 1. The molecule has 1 aromatic carbocycles. The molecule has 8 heteroatoms. The topological polar surface area (TPSA) is 92.8 Å². The van der Waals surface area contributed by atoms with Crippen LogP contribution in [0.2, 0.25) is 0 Å². The van der Waals surface area contributed by atoms with Gasteiger partial charge < -0.3 is 20.7 Å². The molecule has 1 unspecified atom stereocenters. The number of likely N-dealkylation sites (tertiary alicyclic amines) is 1. The van der Waals surface area contributed by atoms with Gasteiger partial charge in [-0.1, -0.05) is 0 Å². The van der Waals surface area contributed by atoms with Crippen molar-refractivity contribution in [2.45, 2.75) is 32.7 Å². The van der Waals surface area contributed by atoms with E-state index < -0.39 is 0 Å². The van der Waals surface area contributed by atoms with Crippen LogP contribution in [0, 0.1) is 5.92 Å². The molecule has 0 saturated carbocycles. The number of hydrogen-bond acceptors (Lipinski definition) is 5. The highest BCUT2D eigenvalue weighted by Gasteiger charge is 2.23. The number of aromatic nitrogens is 1. The Morgan fingerprint density at radius 1 is 1.41 bits per heavy atom. The van der Waals surface area contributed by atoms with Gasteiger partial charge in [-0.25, -0.2) is 9.98 Å². The number of thiazole rings is 1. The zero-order valence-electron chi connectivity index (χ0n) is 17.1. The fourth-order valence-electron chi connectivity index (χ4n) is 3.54. The fraction of sp³-hybridized carbons (Fsp3) is 0.476. The second-order valence-corrected chi connectivity index (χ2v) is 8.03. The van der Waals surface area contributed by atoms with Gasteiger partial charge in [0.05, 0.1) is 19.3 Å². The van der Waals surface area contributed by atoms with Gasteiger partial charge in [0.25, 0.3) is 0 Å². The summed E-state index contributed by atoms with van der Waals surface area (Å²) in [5, 5.41) is 6.40. The van der Waals surface area contributed by atoms with Gasteiger partial charge in [0.2, 0.25) is 5.91 Å². The fourth-order valence-corrected chi connectivity index (χ4v) is 4.35. The minimum Gasteiger partial charge on any atom is -0.497 e. The van der Waals surface area contributed by atoms with Crippen molar-refractivity contribution >= 4 is 23.2 Å². The lowest BCUT2D eigenvalue weighted by Gasteiger charge is -2.34. The molecule has 0 spiro atoms. The summed E-state index contributed by atoms with van der Waals surface area (Å²) in [5.41, 5.74) is 7.41. The molecule has 156 valence electrons. The van der Waals surface area contributed by atoms with Gasteiger partial charge in [0.1, 0.15) is 10.8 Å². The first-order chi connectivity index (χ1) is 14.1. The average Bonchev–Trinajstić information content (AvgIpc) is 3.20. The third-order valence-electron chi connectivity index (χ3n) is 4.92. The summed E-state index contributed by atoms with van der Waals surface area (Å²) in [5.74, 6) is 1.78. The van der Waals surface area contributed by atoms with Crippen LogP contribution in [0.15, 0.2) is 34.6 Å². The second-order valence-electron chi connectivity index (χ2n) is 7.17. The van der Waals surface area contributed by atoms with Crippen molar-refractivity contribution in [1.29, 1.82) is 0 Å². The maximum atomic E-state index is 11.3. The van der Waals surface area contributed by atoms with Crippen molar-refractivity contribution in [2.24, 2.45) is 16.6 Å². The van der Waals surface area contributed by atoms with Crippen LogP contribution in [-0.4, -0.2) is 48.5 Å². The van der Waals surface area contributed by atoms with E-state index in [0.717, 1.165) is 60.4 Å². The van der Waals surface area contributed by atoms with E-state index >= 15 is 0 Å². The van der Waals surface area contributed by atoms with E-state index in [4.69, 9.17) is 20.4 Å². The highest BCUT2D eigenvalue weighted by molar-refractivity contribution is 7.13. The predicted molar refractivity (Wildman–Crippen MR) is 117 cm³/mol. The number of nitrogens with zero attached hydrogens (tertiary/aromatic N) is 3. The summed E-state index contributed by atoms with van der Waals surface area (Å²) in [6, 6.07) is 7.91. The molecule has 3 rings (SSSR count). The molecule has 7 nitrogen and oxygen atoms in total. The SMILES string of the molecule is CCNC(=NCc1csc(-c2ccc(OC)cc2)n1)N1CCCC(CC(N)=O)C1. The highest BCUT2D eigenvalue weighted by atomic mass is 32.1. The van der Waals surface area contributed by atoms with Gasteiger partial charge in [-0.15, -0.1) is 11.3 Å². The number of methoxy groups -OCH3 is 1. The largest absolute Gasteiger partial charge is 0.497 e. The van der Waals surface area contributed by atoms with E-state index in [1.165, 1.54) is 0 Å². The van der Waals surface area contributed by atoms with Gasteiger partial charge in [-0.3, -0.25) is 4.79 Å². The van der Waals surface area contributed by atoms with Crippen LogP contribution in [0.5, 0.6) is 5.75 Å². The normalized spacial score (nSPS) is 17.2. The van der Waals surface area contributed by atoms with Crippen LogP contribution in [0.4, 0.5) is 0 Å². The standard InChI is InChI=1S/C21H29N5O2S/c1-3-23-21(26-10-4-5-15(13-26)11-19(22)27)24-12-17-14-29-20(25-17)16-6-8-18(28-2)9-7-16/h6-9,14-15H,3-5,10-13H2,1-2H3,(H2,22,27)(H,23,24). The number of rotatable bonds is 7. The van der Waals surface area contributed by atoms with E-state index in [2.05, 4.69) is 22.5 Å². The van der Waals surface area contributed by atoms with E-state index in [1.54, 1.807) is 18.4 Å². The highest BCUT2D eigenvalue weighted by Crippen LogP contribution is 2.26. The summed E-state index contributed by atoms with van der Waals surface area (Å²) < 4.78 is 5.21. The van der Waals surface area contributed by atoms with E-state index in [-0.39, 0.29) is 5.91 Å². The monoisotopic (exact) mass is 415 g/mol. The Balaban J connectivity index is 1.67. The molecule has 2 aromatic rings. The Hall–Kier alpha value is -2.61. The van der Waals surface area contributed by atoms with Crippen molar-refractivity contribution in [3.05, 3.63) is 35.3 Å². The van der Waals surface area contributed by atoms with Crippen LogP contribution in [0.1, 0.15) is 31.9 Å². The molecule has 3 N–H and O–H groups in total. The van der Waals surface area contributed by atoms with E-state index in [1.807, 2.05) is 24.3 Å². The number of benzene rings is 1. The van der Waals surface area contributed by atoms with Crippen molar-refractivity contribution < 1.29 is 9.53 Å². The van der Waals surface area contributed by atoms with Gasteiger partial charge in [0, 0.05) is 37.0 Å². The Morgan fingerprint density at radius 3 is 2.90 bits per heavy atom. The molecule has 1 atom stereocenters. The number of nitrogens with two attached hydrogens (primary N) is 1. The number of nitrogens with one attached hydrogen (secondary N) is 1. The van der Waals surface area contributed by atoms with Gasteiger partial charge in [0.15, 0.2) is 5.96 Å². The number of ether oxygens (including phenoxy) is 1. The molecule has 0 radical (unpaired) electrons. The third kappa shape index (κ3) is 5.93. The van der Waals surface area contributed by atoms with E-state index in [9.17, 15) is 4.79 Å². The Labute approximate surface area is 176 Å². The number of primary amides is 1. The number of amides is 1. The molecule has 0 bridgehead atoms. The molecule has 1 saturated heterocycles. The smallest absolute Gasteiger partial charge is 0.217 e. The second kappa shape index (κ2) is 10.2. The quantitative estimate of drug-likeness (QED) is 0.536. The molecular formula is C21H29N5O2S. The number of guanidine groups is 1. The van der Waals surface area contributed by atoms with Crippen molar-refractivity contribution in [2.75, 3.05) is 26.7 Å². The van der Waals surface area contributed by atoms with Crippen molar-refractivity contribution in [3.63, 3.8) is 0 Å². The number of carbonyl (C=O) groups is 1. The number of hydrogen-bond donors (Lipinski definition) is 2. The first kappa shape index (κ1) is 21.1. The molecular weight excluding hydrogens is 386 g/mol. The summed E-state index contributed by atoms with van der Waals surface area (Å²) in [6.07, 6.45) is 2.52. The first-order valence-electron chi connectivity index (χ1n) is 9.99. The zero-order valence-corrected chi connectivity index (χ0v) is 17.9. The van der Waals surface area contributed by atoms with Crippen LogP contribution < -0.4 is 15.8 Å². The van der Waals surface area contributed by atoms with E-state index in [0.29, 0.717) is 18.9 Å². The lowest BCUT2D eigenvalue weighted by atomic mass is 9.95. The lowest BCUT2D eigenvalue weighted by molar-refractivity contribution is -0.119. The molecule has 1 aromatic heterocycles. The third-order valence-corrected chi connectivity index (χ3v) is 5.86. The minimum atomic E-state index is -0.229.